The first-order chi connectivity index (χ1) is 14.3. The third-order valence-corrected chi connectivity index (χ3v) is 6.31. The van der Waals surface area contributed by atoms with Crippen molar-refractivity contribution in [2.75, 3.05) is 24.5 Å². The minimum atomic E-state index is -0.252. The van der Waals surface area contributed by atoms with Gasteiger partial charge in [0.05, 0.1) is 18.4 Å². The maximum absolute atomic E-state index is 11.7. The van der Waals surface area contributed by atoms with E-state index in [1.165, 1.54) is 43.4 Å². The van der Waals surface area contributed by atoms with Crippen LogP contribution in [-0.2, 0) is 12.8 Å². The highest BCUT2D eigenvalue weighted by molar-refractivity contribution is 6.04. The van der Waals surface area contributed by atoms with Gasteiger partial charge in [-0.2, -0.15) is 0 Å². The molecule has 2 amide bonds. The topological polar surface area (TPSA) is 58.0 Å². The molecule has 29 heavy (non-hydrogen) atoms. The Morgan fingerprint density at radius 1 is 1.00 bits per heavy atom. The molecule has 150 valence electrons. The van der Waals surface area contributed by atoms with Gasteiger partial charge in [0, 0.05) is 31.4 Å². The summed E-state index contributed by atoms with van der Waals surface area (Å²) >= 11 is 0. The molecule has 3 heterocycles. The number of amides is 2. The van der Waals surface area contributed by atoms with E-state index in [0.717, 1.165) is 36.9 Å². The molecule has 0 spiro atoms. The van der Waals surface area contributed by atoms with Crippen molar-refractivity contribution in [3.05, 3.63) is 47.7 Å². The summed E-state index contributed by atoms with van der Waals surface area (Å²) in [5.74, 6) is 1.35. The molecule has 0 bridgehead atoms. The molecule has 1 aromatic heterocycles. The average molecular weight is 390 g/mol. The normalized spacial score (nSPS) is 20.1. The van der Waals surface area contributed by atoms with E-state index >= 15 is 0 Å². The largest absolute Gasteiger partial charge is 0.439 e. The summed E-state index contributed by atoms with van der Waals surface area (Å²) in [6.45, 7) is 2.79. The summed E-state index contributed by atoms with van der Waals surface area (Å²) in [6, 6.07) is 10.6. The van der Waals surface area contributed by atoms with Gasteiger partial charge in [0.1, 0.15) is 5.75 Å². The maximum Gasteiger partial charge on any atom is 0.348 e. The number of hydrogen-bond donors (Lipinski definition) is 0. The van der Waals surface area contributed by atoms with Gasteiger partial charge in [0.25, 0.3) is 0 Å². The summed E-state index contributed by atoms with van der Waals surface area (Å²) in [6.07, 6.45) is 11.0. The molecular formula is C23H26N4O2. The fourth-order valence-electron chi connectivity index (χ4n) is 4.69. The number of anilines is 1. The molecule has 0 N–H and O–H groups in total. The summed E-state index contributed by atoms with van der Waals surface area (Å²) in [4.78, 5) is 24.1. The zero-order valence-electron chi connectivity index (χ0n) is 16.6. The number of aromatic nitrogens is 1. The molecule has 0 radical (unpaired) electrons. The molecule has 1 saturated carbocycles. The number of urea groups is 1. The van der Waals surface area contributed by atoms with Gasteiger partial charge in [-0.3, -0.25) is 9.80 Å². The molecule has 0 atom stereocenters. The third kappa shape index (κ3) is 3.90. The molecule has 2 aromatic rings. The molecule has 5 rings (SSSR count). The molecular weight excluding hydrogens is 364 g/mol. The van der Waals surface area contributed by atoms with Crippen LogP contribution in [0.3, 0.4) is 0 Å². The van der Waals surface area contributed by atoms with Crippen LogP contribution >= 0.6 is 0 Å². The third-order valence-electron chi connectivity index (χ3n) is 6.31. The van der Waals surface area contributed by atoms with Crippen LogP contribution in [0.2, 0.25) is 0 Å². The van der Waals surface area contributed by atoms with Crippen molar-refractivity contribution < 1.29 is 9.53 Å². The van der Waals surface area contributed by atoms with Crippen molar-refractivity contribution in [2.24, 2.45) is 4.99 Å². The smallest absolute Gasteiger partial charge is 0.348 e. The first-order valence-electron chi connectivity index (χ1n) is 10.6. The average Bonchev–Trinajstić information content (AvgIpc) is 3.37. The molecule has 6 heteroatoms. The van der Waals surface area contributed by atoms with E-state index in [1.807, 2.05) is 12.1 Å². The van der Waals surface area contributed by atoms with E-state index in [1.54, 1.807) is 23.4 Å². The predicted molar refractivity (Wildman–Crippen MR) is 113 cm³/mol. The van der Waals surface area contributed by atoms with Crippen molar-refractivity contribution in [1.29, 1.82) is 0 Å². The Balaban J connectivity index is 1.25. The zero-order chi connectivity index (χ0) is 19.6. The van der Waals surface area contributed by atoms with Crippen LogP contribution in [0.4, 0.5) is 10.5 Å². The summed E-state index contributed by atoms with van der Waals surface area (Å²) in [7, 11) is 0. The lowest BCUT2D eigenvalue weighted by molar-refractivity contribution is 0.208. The Hall–Kier alpha value is -2.73. The lowest BCUT2D eigenvalue weighted by Gasteiger charge is -2.26. The van der Waals surface area contributed by atoms with Crippen LogP contribution in [-0.4, -0.2) is 47.8 Å². The Labute approximate surface area is 171 Å². The Kier molecular flexibility index (Phi) is 5.02. The number of hydrogen-bond acceptors (Lipinski definition) is 4. The van der Waals surface area contributed by atoms with Crippen LogP contribution < -0.4 is 9.64 Å². The summed E-state index contributed by atoms with van der Waals surface area (Å²) in [5.41, 5.74) is 3.56. The minimum Gasteiger partial charge on any atom is -0.439 e. The van der Waals surface area contributed by atoms with Gasteiger partial charge in [0.15, 0.2) is 0 Å². The van der Waals surface area contributed by atoms with Crippen LogP contribution in [0, 0.1) is 0 Å². The van der Waals surface area contributed by atoms with E-state index in [2.05, 4.69) is 27.0 Å². The lowest BCUT2D eigenvalue weighted by Crippen LogP contribution is -2.35. The minimum absolute atomic E-state index is 0.252. The van der Waals surface area contributed by atoms with Crippen molar-refractivity contribution in [2.45, 2.75) is 44.6 Å². The number of carbonyl (C=O) groups is 1. The Morgan fingerprint density at radius 3 is 2.55 bits per heavy atom. The van der Waals surface area contributed by atoms with Crippen molar-refractivity contribution >= 4 is 17.9 Å². The van der Waals surface area contributed by atoms with Crippen LogP contribution in [0.5, 0.6) is 11.6 Å². The van der Waals surface area contributed by atoms with Gasteiger partial charge < -0.3 is 4.74 Å². The highest BCUT2D eigenvalue weighted by Crippen LogP contribution is 2.29. The molecule has 3 aliphatic rings. The number of benzene rings is 1. The molecule has 6 nitrogen and oxygen atoms in total. The van der Waals surface area contributed by atoms with Crippen molar-refractivity contribution in [3.63, 3.8) is 0 Å². The number of carbonyl (C=O) groups excluding carboxylic acids is 1. The predicted octanol–water partition coefficient (Wildman–Crippen LogP) is 4.23. The first kappa shape index (κ1) is 18.3. The number of rotatable bonds is 4. The zero-order valence-corrected chi connectivity index (χ0v) is 16.6. The second-order valence-electron chi connectivity index (χ2n) is 8.07. The van der Waals surface area contributed by atoms with Gasteiger partial charge in [-0.1, -0.05) is 18.9 Å². The highest BCUT2D eigenvalue weighted by Gasteiger charge is 2.24. The lowest BCUT2D eigenvalue weighted by atomic mass is 10.0. The molecule has 1 aromatic carbocycles. The van der Waals surface area contributed by atoms with E-state index in [9.17, 15) is 4.79 Å². The van der Waals surface area contributed by atoms with Gasteiger partial charge in [-0.15, -0.1) is 0 Å². The van der Waals surface area contributed by atoms with Gasteiger partial charge in [-0.05, 0) is 55.0 Å². The van der Waals surface area contributed by atoms with Crippen LogP contribution in [0.15, 0.2) is 41.5 Å². The number of aliphatic imine (C=N–C) groups is 1. The van der Waals surface area contributed by atoms with E-state index in [4.69, 9.17) is 4.74 Å². The molecule has 2 aliphatic heterocycles. The van der Waals surface area contributed by atoms with Crippen LogP contribution in [0.1, 0.15) is 36.8 Å². The van der Waals surface area contributed by atoms with Gasteiger partial charge in [0.2, 0.25) is 5.88 Å². The highest BCUT2D eigenvalue weighted by atomic mass is 16.5. The van der Waals surface area contributed by atoms with Crippen molar-refractivity contribution in [3.8, 4) is 11.6 Å². The summed E-state index contributed by atoms with van der Waals surface area (Å²) in [5, 5.41) is 0. The maximum atomic E-state index is 11.7. The van der Waals surface area contributed by atoms with Gasteiger partial charge in [-0.25, -0.2) is 14.8 Å². The second-order valence-corrected chi connectivity index (χ2v) is 8.07. The molecule has 0 saturated heterocycles. The monoisotopic (exact) mass is 390 g/mol. The number of nitrogens with zero attached hydrogens (tertiary/aromatic N) is 4. The Bertz CT molecular complexity index is 919. The number of pyridine rings is 1. The van der Waals surface area contributed by atoms with E-state index in [-0.39, 0.29) is 6.03 Å². The first-order valence-corrected chi connectivity index (χ1v) is 10.6. The molecule has 1 aliphatic carbocycles. The second kappa shape index (κ2) is 7.95. The van der Waals surface area contributed by atoms with Crippen LogP contribution in [0.25, 0.3) is 0 Å². The number of fused-ring (bicyclic) bond motifs is 1. The van der Waals surface area contributed by atoms with E-state index < -0.39 is 0 Å². The van der Waals surface area contributed by atoms with Gasteiger partial charge >= 0.3 is 6.03 Å². The summed E-state index contributed by atoms with van der Waals surface area (Å²) < 4.78 is 6.00. The number of ether oxygens (including phenoxy) is 1. The standard InChI is InChI=1S/C23H26N4O2/c28-23-24-11-14-27(23)20-6-8-22(25-16-20)29-21-7-5-17-9-12-26(13-10-18(17)15-21)19-3-1-2-4-19/h5-8,11,15-16,19H,1-4,9-10,12-14H2. The molecule has 1 fully saturated rings. The SMILES string of the molecule is O=C1N=CCN1c1ccc(Oc2ccc3c(c2)CCN(C2CCCC2)CC3)nc1. The fourth-order valence-corrected chi connectivity index (χ4v) is 4.69. The fraction of sp³-hybridized carbons (Fsp3) is 0.435. The Morgan fingerprint density at radius 2 is 1.83 bits per heavy atom. The quantitative estimate of drug-likeness (QED) is 0.784. The van der Waals surface area contributed by atoms with E-state index in [0.29, 0.717) is 12.4 Å². The molecule has 0 unspecified atom stereocenters. The van der Waals surface area contributed by atoms with Crippen molar-refractivity contribution in [1.82, 2.24) is 9.88 Å².